The Morgan fingerprint density at radius 1 is 1.19 bits per heavy atom. The van der Waals surface area contributed by atoms with E-state index in [0.717, 1.165) is 12.8 Å². The molecule has 0 spiro atoms. The normalized spacial score (nSPS) is 10.3. The SMILES string of the molecule is CCCc1ccc(NC(=O)Cn2cccc2C(=O)O)cc1. The summed E-state index contributed by atoms with van der Waals surface area (Å²) < 4.78 is 1.41. The molecular weight excluding hydrogens is 268 g/mol. The zero-order chi connectivity index (χ0) is 15.2. The van der Waals surface area contributed by atoms with Gasteiger partial charge in [-0.2, -0.15) is 0 Å². The van der Waals surface area contributed by atoms with Crippen molar-refractivity contribution in [2.75, 3.05) is 5.32 Å². The second kappa shape index (κ2) is 6.74. The number of carbonyl (C=O) groups is 2. The Morgan fingerprint density at radius 2 is 1.90 bits per heavy atom. The van der Waals surface area contributed by atoms with Gasteiger partial charge in [-0.25, -0.2) is 4.79 Å². The molecular formula is C16H18N2O3. The van der Waals surface area contributed by atoms with Crippen molar-refractivity contribution < 1.29 is 14.7 Å². The van der Waals surface area contributed by atoms with Gasteiger partial charge >= 0.3 is 5.97 Å². The van der Waals surface area contributed by atoms with Crippen LogP contribution < -0.4 is 5.32 Å². The predicted molar refractivity (Wildman–Crippen MR) is 80.5 cm³/mol. The highest BCUT2D eigenvalue weighted by Gasteiger charge is 2.11. The van der Waals surface area contributed by atoms with Crippen molar-refractivity contribution in [2.45, 2.75) is 26.3 Å². The van der Waals surface area contributed by atoms with Crippen molar-refractivity contribution in [3.63, 3.8) is 0 Å². The third kappa shape index (κ3) is 3.95. The lowest BCUT2D eigenvalue weighted by molar-refractivity contribution is -0.116. The van der Waals surface area contributed by atoms with Crippen LogP contribution in [0.3, 0.4) is 0 Å². The number of amides is 1. The molecule has 0 aliphatic carbocycles. The lowest BCUT2D eigenvalue weighted by Gasteiger charge is -2.08. The monoisotopic (exact) mass is 286 g/mol. The Kier molecular flexibility index (Phi) is 4.77. The van der Waals surface area contributed by atoms with Gasteiger partial charge in [0.15, 0.2) is 0 Å². The Bertz CT molecular complexity index is 629. The van der Waals surface area contributed by atoms with Crippen molar-refractivity contribution in [3.05, 3.63) is 53.9 Å². The number of anilines is 1. The number of aromatic carboxylic acids is 1. The molecule has 0 atom stereocenters. The van der Waals surface area contributed by atoms with Gasteiger partial charge in [-0.05, 0) is 36.2 Å². The molecule has 0 fully saturated rings. The summed E-state index contributed by atoms with van der Waals surface area (Å²) in [7, 11) is 0. The Morgan fingerprint density at radius 3 is 2.52 bits per heavy atom. The maximum atomic E-state index is 11.9. The topological polar surface area (TPSA) is 71.3 Å². The first-order valence-corrected chi connectivity index (χ1v) is 6.87. The summed E-state index contributed by atoms with van der Waals surface area (Å²) in [6.07, 6.45) is 3.67. The van der Waals surface area contributed by atoms with Crippen LogP contribution in [0.4, 0.5) is 5.69 Å². The van der Waals surface area contributed by atoms with E-state index in [4.69, 9.17) is 5.11 Å². The summed E-state index contributed by atoms with van der Waals surface area (Å²) in [6, 6.07) is 10.8. The molecule has 0 aliphatic heterocycles. The zero-order valence-corrected chi connectivity index (χ0v) is 11.9. The second-order valence-electron chi connectivity index (χ2n) is 4.82. The molecule has 0 aliphatic rings. The molecule has 2 rings (SSSR count). The van der Waals surface area contributed by atoms with E-state index in [1.54, 1.807) is 12.3 Å². The van der Waals surface area contributed by atoms with Gasteiger partial charge in [0.1, 0.15) is 12.2 Å². The first kappa shape index (κ1) is 14.8. The molecule has 1 heterocycles. The number of carboxylic acid groups (broad SMARTS) is 1. The molecule has 0 saturated heterocycles. The molecule has 5 nitrogen and oxygen atoms in total. The fourth-order valence-electron chi connectivity index (χ4n) is 2.14. The largest absolute Gasteiger partial charge is 0.477 e. The minimum atomic E-state index is -1.04. The molecule has 2 aromatic rings. The van der Waals surface area contributed by atoms with Crippen molar-refractivity contribution in [3.8, 4) is 0 Å². The van der Waals surface area contributed by atoms with Gasteiger partial charge in [-0.15, -0.1) is 0 Å². The highest BCUT2D eigenvalue weighted by atomic mass is 16.4. The van der Waals surface area contributed by atoms with Crippen molar-refractivity contribution in [2.24, 2.45) is 0 Å². The molecule has 110 valence electrons. The van der Waals surface area contributed by atoms with Crippen molar-refractivity contribution in [1.29, 1.82) is 0 Å². The number of rotatable bonds is 6. The van der Waals surface area contributed by atoms with Gasteiger partial charge in [0.25, 0.3) is 0 Å². The third-order valence-electron chi connectivity index (χ3n) is 3.14. The fraction of sp³-hybridized carbons (Fsp3) is 0.250. The van der Waals surface area contributed by atoms with Crippen molar-refractivity contribution >= 4 is 17.6 Å². The van der Waals surface area contributed by atoms with E-state index in [0.29, 0.717) is 5.69 Å². The summed E-state index contributed by atoms with van der Waals surface area (Å²) in [5, 5.41) is 11.7. The van der Waals surface area contributed by atoms with Crippen LogP contribution in [0.2, 0.25) is 0 Å². The van der Waals surface area contributed by atoms with E-state index in [9.17, 15) is 9.59 Å². The summed E-state index contributed by atoms with van der Waals surface area (Å²) >= 11 is 0. The molecule has 0 bridgehead atoms. The number of benzene rings is 1. The molecule has 1 amide bonds. The van der Waals surface area contributed by atoms with E-state index in [2.05, 4.69) is 12.2 Å². The third-order valence-corrected chi connectivity index (χ3v) is 3.14. The molecule has 1 aromatic heterocycles. The highest BCUT2D eigenvalue weighted by molar-refractivity contribution is 5.92. The quantitative estimate of drug-likeness (QED) is 0.857. The molecule has 21 heavy (non-hydrogen) atoms. The highest BCUT2D eigenvalue weighted by Crippen LogP contribution is 2.11. The molecule has 1 aromatic carbocycles. The van der Waals surface area contributed by atoms with Gasteiger partial charge in [0.2, 0.25) is 5.91 Å². The molecule has 0 saturated carbocycles. The van der Waals surface area contributed by atoms with E-state index >= 15 is 0 Å². The fourth-order valence-corrected chi connectivity index (χ4v) is 2.14. The number of hydrogen-bond acceptors (Lipinski definition) is 2. The number of carbonyl (C=O) groups excluding carboxylic acids is 1. The maximum Gasteiger partial charge on any atom is 0.352 e. The van der Waals surface area contributed by atoms with Crippen LogP contribution in [-0.4, -0.2) is 21.6 Å². The van der Waals surface area contributed by atoms with Gasteiger partial charge in [-0.1, -0.05) is 25.5 Å². The van der Waals surface area contributed by atoms with Gasteiger partial charge < -0.3 is 15.0 Å². The second-order valence-corrected chi connectivity index (χ2v) is 4.82. The summed E-state index contributed by atoms with van der Waals surface area (Å²) in [6.45, 7) is 2.10. The van der Waals surface area contributed by atoms with Crippen LogP contribution in [0, 0.1) is 0 Å². The van der Waals surface area contributed by atoms with Crippen molar-refractivity contribution in [1.82, 2.24) is 4.57 Å². The number of nitrogens with one attached hydrogen (secondary N) is 1. The minimum absolute atomic E-state index is 0.0225. The standard InChI is InChI=1S/C16H18N2O3/c1-2-4-12-6-8-13(9-7-12)17-15(19)11-18-10-3-5-14(18)16(20)21/h3,5-10H,2,4,11H2,1H3,(H,17,19)(H,20,21). The van der Waals surface area contributed by atoms with Crippen LogP contribution in [0.1, 0.15) is 29.4 Å². The summed E-state index contributed by atoms with van der Waals surface area (Å²) in [5.41, 5.74) is 2.04. The van der Waals surface area contributed by atoms with Crippen LogP contribution in [-0.2, 0) is 17.8 Å². The summed E-state index contributed by atoms with van der Waals surface area (Å²) in [4.78, 5) is 22.9. The smallest absolute Gasteiger partial charge is 0.352 e. The van der Waals surface area contributed by atoms with Gasteiger partial charge in [0.05, 0.1) is 0 Å². The molecule has 5 heteroatoms. The Hall–Kier alpha value is -2.56. The van der Waals surface area contributed by atoms with Gasteiger partial charge in [-0.3, -0.25) is 4.79 Å². The van der Waals surface area contributed by atoms with Crippen LogP contribution in [0.5, 0.6) is 0 Å². The zero-order valence-electron chi connectivity index (χ0n) is 11.9. The average molecular weight is 286 g/mol. The molecule has 0 radical (unpaired) electrons. The number of nitrogens with zero attached hydrogens (tertiary/aromatic N) is 1. The van der Waals surface area contributed by atoms with E-state index in [1.165, 1.54) is 16.2 Å². The minimum Gasteiger partial charge on any atom is -0.477 e. The lowest BCUT2D eigenvalue weighted by Crippen LogP contribution is -2.20. The van der Waals surface area contributed by atoms with E-state index < -0.39 is 5.97 Å². The van der Waals surface area contributed by atoms with Crippen LogP contribution >= 0.6 is 0 Å². The molecule has 0 unspecified atom stereocenters. The summed E-state index contributed by atoms with van der Waals surface area (Å²) in [5.74, 6) is -1.30. The van der Waals surface area contributed by atoms with E-state index in [1.807, 2.05) is 24.3 Å². The Balaban J connectivity index is 1.98. The number of aromatic nitrogens is 1. The van der Waals surface area contributed by atoms with Gasteiger partial charge in [0, 0.05) is 11.9 Å². The number of aryl methyl sites for hydroxylation is 1. The number of hydrogen-bond donors (Lipinski definition) is 2. The predicted octanol–water partition coefficient (Wildman–Crippen LogP) is 2.78. The average Bonchev–Trinajstić information content (AvgIpc) is 2.89. The maximum absolute atomic E-state index is 11.9. The lowest BCUT2D eigenvalue weighted by atomic mass is 10.1. The van der Waals surface area contributed by atoms with Crippen LogP contribution in [0.25, 0.3) is 0 Å². The molecule has 2 N–H and O–H groups in total. The Labute approximate surface area is 123 Å². The first-order chi connectivity index (χ1) is 10.1. The van der Waals surface area contributed by atoms with Crippen LogP contribution in [0.15, 0.2) is 42.6 Å². The number of carboxylic acids is 1. The first-order valence-electron chi connectivity index (χ1n) is 6.87. The van der Waals surface area contributed by atoms with E-state index in [-0.39, 0.29) is 18.1 Å².